The highest BCUT2D eigenvalue weighted by molar-refractivity contribution is 5.20. The van der Waals surface area contributed by atoms with Gasteiger partial charge in [-0.3, -0.25) is 0 Å². The van der Waals surface area contributed by atoms with Crippen molar-refractivity contribution in [3.63, 3.8) is 0 Å². The highest BCUT2D eigenvalue weighted by Crippen LogP contribution is 2.32. The first-order valence-electron chi connectivity index (χ1n) is 7.80. The van der Waals surface area contributed by atoms with Gasteiger partial charge in [0.25, 0.3) is 0 Å². The molecule has 1 atom stereocenters. The summed E-state index contributed by atoms with van der Waals surface area (Å²) in [6.45, 7) is 10.8. The Bertz CT molecular complexity index is 537. The molecular weight excluding hydrogens is 258 g/mol. The smallest absolute Gasteiger partial charge is 0.122 e. The van der Waals surface area contributed by atoms with Gasteiger partial charge in [-0.1, -0.05) is 58.0 Å². The molecule has 0 aliphatic rings. The third-order valence-corrected chi connectivity index (χ3v) is 3.73. The highest BCUT2D eigenvalue weighted by atomic mass is 15.1. The van der Waals surface area contributed by atoms with Crippen molar-refractivity contribution in [2.24, 2.45) is 5.41 Å². The third-order valence-electron chi connectivity index (χ3n) is 3.73. The fourth-order valence-corrected chi connectivity index (χ4v) is 2.71. The Kier molecular flexibility index (Phi) is 5.18. The Hall–Kier alpha value is -1.61. The van der Waals surface area contributed by atoms with E-state index in [4.69, 9.17) is 0 Å². The highest BCUT2D eigenvalue weighted by Gasteiger charge is 2.25. The summed E-state index contributed by atoms with van der Waals surface area (Å²) in [6, 6.07) is 11.0. The zero-order valence-corrected chi connectivity index (χ0v) is 13.6. The Morgan fingerprint density at radius 3 is 2.52 bits per heavy atom. The number of nitrogens with zero attached hydrogens (tertiary/aromatic N) is 2. The first kappa shape index (κ1) is 15.8. The standard InChI is InChI=1S/C18H27N3/c1-5-12-21-13-11-19-16(21)14-20-17(18(2,3)4)15-9-7-6-8-10-15/h6-11,13,17,20H,5,12,14H2,1-4H3. The number of rotatable bonds is 6. The summed E-state index contributed by atoms with van der Waals surface area (Å²) in [6.07, 6.45) is 5.08. The third kappa shape index (κ3) is 4.18. The lowest BCUT2D eigenvalue weighted by Gasteiger charge is -2.32. The van der Waals surface area contributed by atoms with E-state index < -0.39 is 0 Å². The van der Waals surface area contributed by atoms with Gasteiger partial charge in [0, 0.05) is 25.0 Å². The normalized spacial score (nSPS) is 13.3. The molecule has 2 rings (SSSR count). The van der Waals surface area contributed by atoms with Crippen LogP contribution in [0.25, 0.3) is 0 Å². The van der Waals surface area contributed by atoms with E-state index in [2.05, 4.69) is 79.1 Å². The number of aryl methyl sites for hydroxylation is 1. The summed E-state index contributed by atoms with van der Waals surface area (Å²) < 4.78 is 2.23. The van der Waals surface area contributed by atoms with Gasteiger partial charge in [0.1, 0.15) is 5.82 Å². The molecule has 0 fully saturated rings. The average molecular weight is 285 g/mol. The van der Waals surface area contributed by atoms with Gasteiger partial charge in [-0.05, 0) is 17.4 Å². The van der Waals surface area contributed by atoms with Gasteiger partial charge in [-0.25, -0.2) is 4.98 Å². The molecule has 3 nitrogen and oxygen atoms in total. The Balaban J connectivity index is 2.12. The van der Waals surface area contributed by atoms with Crippen molar-refractivity contribution >= 4 is 0 Å². The first-order chi connectivity index (χ1) is 10.0. The van der Waals surface area contributed by atoms with Gasteiger partial charge >= 0.3 is 0 Å². The van der Waals surface area contributed by atoms with E-state index in [-0.39, 0.29) is 5.41 Å². The summed E-state index contributed by atoms with van der Waals surface area (Å²) in [4.78, 5) is 4.48. The number of nitrogens with one attached hydrogen (secondary N) is 1. The van der Waals surface area contributed by atoms with Crippen molar-refractivity contribution in [1.82, 2.24) is 14.9 Å². The maximum Gasteiger partial charge on any atom is 0.122 e. The molecule has 0 amide bonds. The summed E-state index contributed by atoms with van der Waals surface area (Å²) in [5, 5.41) is 3.69. The molecule has 1 N–H and O–H groups in total. The van der Waals surface area contributed by atoms with Gasteiger partial charge < -0.3 is 9.88 Å². The minimum Gasteiger partial charge on any atom is -0.334 e. The van der Waals surface area contributed by atoms with Gasteiger partial charge in [0.2, 0.25) is 0 Å². The van der Waals surface area contributed by atoms with E-state index in [9.17, 15) is 0 Å². The van der Waals surface area contributed by atoms with Crippen LogP contribution in [0.15, 0.2) is 42.7 Å². The number of imidazole rings is 1. The van der Waals surface area contributed by atoms with E-state index in [1.54, 1.807) is 0 Å². The summed E-state index contributed by atoms with van der Waals surface area (Å²) in [7, 11) is 0. The van der Waals surface area contributed by atoms with Gasteiger partial charge in [0.05, 0.1) is 6.54 Å². The molecule has 1 unspecified atom stereocenters. The molecule has 0 bridgehead atoms. The van der Waals surface area contributed by atoms with E-state index in [1.807, 2.05) is 6.20 Å². The maximum absolute atomic E-state index is 4.48. The first-order valence-corrected chi connectivity index (χ1v) is 7.80. The molecule has 3 heteroatoms. The fourth-order valence-electron chi connectivity index (χ4n) is 2.71. The van der Waals surface area contributed by atoms with Gasteiger partial charge in [0.15, 0.2) is 0 Å². The largest absolute Gasteiger partial charge is 0.334 e. The second-order valence-corrected chi connectivity index (χ2v) is 6.63. The SMILES string of the molecule is CCCn1ccnc1CNC(c1ccccc1)C(C)(C)C. The van der Waals surface area contributed by atoms with Gasteiger partial charge in [-0.2, -0.15) is 0 Å². The van der Waals surface area contributed by atoms with Crippen LogP contribution in [-0.4, -0.2) is 9.55 Å². The van der Waals surface area contributed by atoms with Gasteiger partial charge in [-0.15, -0.1) is 0 Å². The van der Waals surface area contributed by atoms with Crippen molar-refractivity contribution in [1.29, 1.82) is 0 Å². The average Bonchev–Trinajstić information content (AvgIpc) is 2.87. The van der Waals surface area contributed by atoms with Crippen LogP contribution in [0, 0.1) is 5.41 Å². The molecule has 0 spiro atoms. The summed E-state index contributed by atoms with van der Waals surface area (Å²) in [5.41, 5.74) is 1.49. The Labute approximate surface area is 128 Å². The number of aromatic nitrogens is 2. The van der Waals surface area contributed by atoms with E-state index in [1.165, 1.54) is 5.56 Å². The molecule has 21 heavy (non-hydrogen) atoms. The maximum atomic E-state index is 4.48. The molecule has 0 saturated heterocycles. The van der Waals surface area contributed by atoms with E-state index in [0.717, 1.165) is 25.3 Å². The molecule has 1 aromatic heterocycles. The van der Waals surface area contributed by atoms with Crippen LogP contribution in [0.3, 0.4) is 0 Å². The number of hydrogen-bond donors (Lipinski definition) is 1. The second kappa shape index (κ2) is 6.90. The van der Waals surface area contributed by atoms with Crippen molar-refractivity contribution in [3.05, 3.63) is 54.1 Å². The van der Waals surface area contributed by atoms with Crippen molar-refractivity contribution < 1.29 is 0 Å². The van der Waals surface area contributed by atoms with Crippen LogP contribution in [0.5, 0.6) is 0 Å². The quantitative estimate of drug-likeness (QED) is 0.863. The van der Waals surface area contributed by atoms with Crippen LogP contribution >= 0.6 is 0 Å². The lowest BCUT2D eigenvalue weighted by molar-refractivity contribution is 0.268. The van der Waals surface area contributed by atoms with Crippen molar-refractivity contribution in [2.45, 2.75) is 53.2 Å². The molecule has 1 heterocycles. The predicted octanol–water partition coefficient (Wildman–Crippen LogP) is 4.17. The zero-order valence-electron chi connectivity index (χ0n) is 13.6. The minimum atomic E-state index is 0.156. The van der Waals surface area contributed by atoms with Crippen molar-refractivity contribution in [3.8, 4) is 0 Å². The lowest BCUT2D eigenvalue weighted by Crippen LogP contribution is -2.32. The number of hydrogen-bond acceptors (Lipinski definition) is 2. The second-order valence-electron chi connectivity index (χ2n) is 6.63. The van der Waals surface area contributed by atoms with Crippen LogP contribution in [-0.2, 0) is 13.1 Å². The molecule has 0 aliphatic carbocycles. The van der Waals surface area contributed by atoms with Crippen LogP contribution in [0.1, 0.15) is 51.5 Å². The molecule has 1 aromatic carbocycles. The van der Waals surface area contributed by atoms with Crippen molar-refractivity contribution in [2.75, 3.05) is 0 Å². The van der Waals surface area contributed by atoms with Crippen LogP contribution in [0.4, 0.5) is 0 Å². The lowest BCUT2D eigenvalue weighted by atomic mass is 9.82. The number of benzene rings is 1. The molecular formula is C18H27N3. The van der Waals surface area contributed by atoms with E-state index >= 15 is 0 Å². The predicted molar refractivity (Wildman–Crippen MR) is 88.0 cm³/mol. The molecule has 114 valence electrons. The topological polar surface area (TPSA) is 29.9 Å². The zero-order chi connectivity index (χ0) is 15.3. The summed E-state index contributed by atoms with van der Waals surface area (Å²) >= 11 is 0. The minimum absolute atomic E-state index is 0.156. The van der Waals surface area contributed by atoms with Crippen LogP contribution < -0.4 is 5.32 Å². The monoisotopic (exact) mass is 285 g/mol. The van der Waals surface area contributed by atoms with E-state index in [0.29, 0.717) is 6.04 Å². The molecule has 0 aliphatic heterocycles. The van der Waals surface area contributed by atoms with Crippen LogP contribution in [0.2, 0.25) is 0 Å². The molecule has 2 aromatic rings. The Morgan fingerprint density at radius 2 is 1.90 bits per heavy atom. The summed E-state index contributed by atoms with van der Waals surface area (Å²) in [5.74, 6) is 1.11. The fraction of sp³-hybridized carbons (Fsp3) is 0.500. The molecule has 0 radical (unpaired) electrons. The molecule has 0 saturated carbocycles. The Morgan fingerprint density at radius 1 is 1.19 bits per heavy atom.